The molecule has 1 atom stereocenters. The second-order valence-corrected chi connectivity index (χ2v) is 10.7. The fourth-order valence-electron chi connectivity index (χ4n) is 3.10. The van der Waals surface area contributed by atoms with Crippen LogP contribution < -0.4 is 46.0 Å². The van der Waals surface area contributed by atoms with E-state index in [1.807, 2.05) is 12.1 Å². The maximum atomic E-state index is 3.11. The molecule has 0 aliphatic rings. The quantitative estimate of drug-likeness (QED) is 0.159. The first-order valence-corrected chi connectivity index (χ1v) is 13.1. The van der Waals surface area contributed by atoms with Crippen LogP contribution in [0, 0.1) is 6.07 Å². The molecule has 4 rings (SSSR count). The summed E-state index contributed by atoms with van der Waals surface area (Å²) >= 11 is 0. The summed E-state index contributed by atoms with van der Waals surface area (Å²) in [5, 5.41) is 5.75. The van der Waals surface area contributed by atoms with Crippen molar-refractivity contribution < 1.29 is 45.2 Å². The molecule has 4 aromatic carbocycles. The Kier molecular flexibility index (Phi) is 18.7. The van der Waals surface area contributed by atoms with E-state index in [2.05, 4.69) is 116 Å². The van der Waals surface area contributed by atoms with Crippen molar-refractivity contribution in [3.8, 4) is 0 Å². The molecule has 0 nitrogen and oxygen atoms in total. The van der Waals surface area contributed by atoms with Crippen molar-refractivity contribution in [3.05, 3.63) is 121 Å². The van der Waals surface area contributed by atoms with Crippen LogP contribution in [0.1, 0.15) is 19.8 Å². The first-order chi connectivity index (χ1) is 14.9. The Labute approximate surface area is 229 Å². The van der Waals surface area contributed by atoms with Crippen molar-refractivity contribution >= 4 is 37.7 Å². The van der Waals surface area contributed by atoms with E-state index in [-0.39, 0.29) is 53.2 Å². The van der Waals surface area contributed by atoms with Gasteiger partial charge in [-0.05, 0) is 28.5 Å². The van der Waals surface area contributed by atoms with Gasteiger partial charge in [0.15, 0.2) is 0 Å². The van der Waals surface area contributed by atoms with Crippen molar-refractivity contribution in [2.75, 3.05) is 6.16 Å². The van der Waals surface area contributed by atoms with Gasteiger partial charge in [0.05, 0.1) is 0 Å². The third-order valence-corrected chi connectivity index (χ3v) is 8.50. The summed E-state index contributed by atoms with van der Waals surface area (Å²) in [5.41, 5.74) is 0. The molecular formula is C28H29Cl2P2Pd-. The normalized spacial score (nSPS) is 10.2. The predicted octanol–water partition coefficient (Wildman–Crippen LogP) is 0.0410. The molecule has 0 amide bonds. The average molecular weight is 605 g/mol. The molecule has 0 heterocycles. The monoisotopic (exact) mass is 603 g/mol. The third-order valence-electron chi connectivity index (χ3n) is 4.65. The molecule has 0 aromatic heterocycles. The van der Waals surface area contributed by atoms with E-state index in [0.717, 1.165) is 8.58 Å². The number of hydrogen-bond donors (Lipinski definition) is 0. The Morgan fingerprint density at radius 3 is 1.52 bits per heavy atom. The van der Waals surface area contributed by atoms with Crippen LogP contribution in [-0.2, 0) is 20.4 Å². The molecule has 0 saturated heterocycles. The SMILES string of the molecule is CCCCP(c1cc[c-]cc1)c1ccccc1.[Cl-].[Cl-].[Pd+2].c1ccc(Pc2ccccc2)cc1. The minimum atomic E-state index is -0.177. The maximum absolute atomic E-state index is 3.11. The zero-order valence-electron chi connectivity index (χ0n) is 18.6. The second kappa shape index (κ2) is 19.3. The van der Waals surface area contributed by atoms with Gasteiger partial charge in [0.25, 0.3) is 0 Å². The van der Waals surface area contributed by atoms with Gasteiger partial charge in [-0.15, -0.1) is 5.30 Å². The Balaban J connectivity index is 0.000000584. The van der Waals surface area contributed by atoms with Crippen molar-refractivity contribution in [2.24, 2.45) is 0 Å². The van der Waals surface area contributed by atoms with E-state index < -0.39 is 0 Å². The van der Waals surface area contributed by atoms with E-state index in [9.17, 15) is 0 Å². The molecular weight excluding hydrogens is 576 g/mol. The summed E-state index contributed by atoms with van der Waals surface area (Å²) in [6.45, 7) is 2.26. The van der Waals surface area contributed by atoms with Crippen molar-refractivity contribution in [1.29, 1.82) is 0 Å². The zero-order chi connectivity index (χ0) is 20.9. The van der Waals surface area contributed by atoms with Gasteiger partial charge in [-0.1, -0.05) is 121 Å². The topological polar surface area (TPSA) is 0 Å². The molecule has 0 spiro atoms. The van der Waals surface area contributed by atoms with Crippen LogP contribution in [0.3, 0.4) is 0 Å². The van der Waals surface area contributed by atoms with E-state index in [1.54, 1.807) is 0 Å². The molecule has 33 heavy (non-hydrogen) atoms. The predicted molar refractivity (Wildman–Crippen MR) is 138 cm³/mol. The summed E-state index contributed by atoms with van der Waals surface area (Å²) in [4.78, 5) is 0. The Morgan fingerprint density at radius 1 is 0.636 bits per heavy atom. The van der Waals surface area contributed by atoms with Crippen LogP contribution in [0.2, 0.25) is 0 Å². The summed E-state index contributed by atoms with van der Waals surface area (Å²) in [7, 11) is 0.600. The van der Waals surface area contributed by atoms with Gasteiger partial charge < -0.3 is 24.8 Å². The molecule has 0 fully saturated rings. The van der Waals surface area contributed by atoms with Gasteiger partial charge in [-0.3, -0.25) is 0 Å². The van der Waals surface area contributed by atoms with E-state index in [0.29, 0.717) is 0 Å². The van der Waals surface area contributed by atoms with Crippen LogP contribution in [0.25, 0.3) is 0 Å². The number of rotatable bonds is 7. The smallest absolute Gasteiger partial charge is 1.00 e. The average Bonchev–Trinajstić information content (AvgIpc) is 2.83. The fraction of sp³-hybridized carbons (Fsp3) is 0.143. The second-order valence-electron chi connectivity index (χ2n) is 6.96. The Morgan fingerprint density at radius 2 is 1.06 bits per heavy atom. The Hall–Kier alpha value is -1.02. The molecule has 0 aliphatic heterocycles. The fourth-order valence-corrected chi connectivity index (χ4v) is 6.64. The van der Waals surface area contributed by atoms with Crippen molar-refractivity contribution in [2.45, 2.75) is 19.8 Å². The van der Waals surface area contributed by atoms with Crippen molar-refractivity contribution in [3.63, 3.8) is 0 Å². The first-order valence-electron chi connectivity index (χ1n) is 10.5. The van der Waals surface area contributed by atoms with Gasteiger partial charge in [0, 0.05) is 0 Å². The van der Waals surface area contributed by atoms with Gasteiger partial charge >= 0.3 is 20.4 Å². The maximum Gasteiger partial charge on any atom is 2.00 e. The van der Waals surface area contributed by atoms with Crippen LogP contribution in [0.5, 0.6) is 0 Å². The van der Waals surface area contributed by atoms with Crippen LogP contribution >= 0.6 is 16.5 Å². The van der Waals surface area contributed by atoms with Crippen LogP contribution in [-0.4, -0.2) is 6.16 Å². The molecule has 0 bridgehead atoms. The van der Waals surface area contributed by atoms with E-state index in [4.69, 9.17) is 0 Å². The van der Waals surface area contributed by atoms with Crippen LogP contribution in [0.15, 0.2) is 115 Å². The minimum absolute atomic E-state index is 0. The van der Waals surface area contributed by atoms with E-state index in [1.165, 1.54) is 40.2 Å². The summed E-state index contributed by atoms with van der Waals surface area (Å²) in [6, 6.07) is 43.7. The standard InChI is InChI=1S/C16H18P.C12H11P.2ClH.Pd/c1-2-3-14-17(15-10-6-4-7-11-15)16-12-8-5-9-13-16;1-3-7-11(8-4-1)13-12-9-5-2-6-10-12;;;/h4,6-13H,2-3,14H2,1H3;1-10,13H;2*1H;/q-1;;;;+2/p-2. The van der Waals surface area contributed by atoms with Gasteiger partial charge in [0.2, 0.25) is 0 Å². The number of hydrogen-bond acceptors (Lipinski definition) is 0. The number of benzene rings is 4. The molecule has 5 heteroatoms. The molecule has 0 radical (unpaired) electrons. The van der Waals surface area contributed by atoms with Gasteiger partial charge in [0.1, 0.15) is 0 Å². The largest absolute Gasteiger partial charge is 2.00 e. The molecule has 0 saturated carbocycles. The molecule has 0 N–H and O–H groups in total. The summed E-state index contributed by atoms with van der Waals surface area (Å²) < 4.78 is 0. The summed E-state index contributed by atoms with van der Waals surface area (Å²) in [5.74, 6) is 0. The minimum Gasteiger partial charge on any atom is -1.00 e. The van der Waals surface area contributed by atoms with E-state index >= 15 is 0 Å². The zero-order valence-corrected chi connectivity index (χ0v) is 23.6. The summed E-state index contributed by atoms with van der Waals surface area (Å²) in [6.07, 6.45) is 3.86. The van der Waals surface area contributed by atoms with Gasteiger partial charge in [-0.2, -0.15) is 30.3 Å². The molecule has 4 aromatic rings. The number of unbranched alkanes of at least 4 members (excludes halogenated alkanes) is 1. The Bertz CT molecular complexity index is 879. The third kappa shape index (κ3) is 11.8. The molecule has 1 unspecified atom stereocenters. The number of halogens is 2. The first kappa shape index (κ1) is 32.0. The van der Waals surface area contributed by atoms with Crippen molar-refractivity contribution in [1.82, 2.24) is 0 Å². The van der Waals surface area contributed by atoms with Crippen LogP contribution in [0.4, 0.5) is 0 Å². The molecule has 176 valence electrons. The van der Waals surface area contributed by atoms with Gasteiger partial charge in [-0.25, -0.2) is 0 Å². The molecule has 0 aliphatic carbocycles.